The minimum absolute atomic E-state index is 0.0217. The Morgan fingerprint density at radius 2 is 1.69 bits per heavy atom. The van der Waals surface area contributed by atoms with Crippen molar-refractivity contribution in [3.8, 4) is 22.3 Å². The molecule has 3 aromatic carbocycles. The number of rotatable bonds is 6. The molecule has 2 N–H and O–H groups in total. The van der Waals surface area contributed by atoms with Crippen LogP contribution in [-0.4, -0.2) is 68.1 Å². The SMILES string of the molecule is COCCN1CCN(C(=O)c2ccc3c(c2)-c2cc(-c4ccc(Cl)c(Cl)c4)cc(C(N)=O)c2C3)CC1. The highest BCUT2D eigenvalue weighted by molar-refractivity contribution is 6.42. The van der Waals surface area contributed by atoms with E-state index in [2.05, 4.69) is 4.90 Å². The molecule has 1 aliphatic carbocycles. The second-order valence-electron chi connectivity index (χ2n) is 9.22. The summed E-state index contributed by atoms with van der Waals surface area (Å²) in [5, 5.41) is 0.899. The van der Waals surface area contributed by atoms with Gasteiger partial charge in [-0.1, -0.05) is 35.3 Å². The lowest BCUT2D eigenvalue weighted by atomic mass is 9.93. The van der Waals surface area contributed by atoms with Gasteiger partial charge in [0.15, 0.2) is 0 Å². The zero-order valence-corrected chi connectivity index (χ0v) is 21.5. The highest BCUT2D eigenvalue weighted by Gasteiger charge is 2.27. The number of piperazine rings is 1. The van der Waals surface area contributed by atoms with Gasteiger partial charge >= 0.3 is 0 Å². The number of carbonyl (C=O) groups is 2. The summed E-state index contributed by atoms with van der Waals surface area (Å²) in [7, 11) is 1.70. The predicted molar refractivity (Wildman–Crippen MR) is 143 cm³/mol. The fraction of sp³-hybridized carbons (Fsp3) is 0.286. The minimum Gasteiger partial charge on any atom is -0.383 e. The second kappa shape index (κ2) is 10.2. The molecule has 0 unspecified atom stereocenters. The summed E-state index contributed by atoms with van der Waals surface area (Å²) in [6.07, 6.45) is 0.594. The maximum absolute atomic E-state index is 13.3. The molecule has 0 aromatic heterocycles. The standard InChI is InChI=1S/C28H27Cl2N3O3/c1-36-11-10-32-6-8-33(9-7-32)28(35)19-3-2-18-12-23-22(21(18)13-19)14-20(15-24(23)27(31)34)17-4-5-25(29)26(30)16-17/h2-5,13-16H,6-12H2,1H3,(H2,31,34). The van der Waals surface area contributed by atoms with Gasteiger partial charge in [0, 0.05) is 51.0 Å². The molecule has 0 saturated carbocycles. The molecule has 0 atom stereocenters. The molecular formula is C28H27Cl2N3O3. The van der Waals surface area contributed by atoms with Gasteiger partial charge in [0.1, 0.15) is 0 Å². The Bertz CT molecular complexity index is 1350. The largest absolute Gasteiger partial charge is 0.383 e. The van der Waals surface area contributed by atoms with E-state index in [0.717, 1.165) is 53.0 Å². The first-order chi connectivity index (χ1) is 17.4. The van der Waals surface area contributed by atoms with Crippen LogP contribution in [0.15, 0.2) is 48.5 Å². The maximum Gasteiger partial charge on any atom is 0.253 e. The molecule has 3 aromatic rings. The van der Waals surface area contributed by atoms with E-state index in [0.29, 0.717) is 47.3 Å². The lowest BCUT2D eigenvalue weighted by Gasteiger charge is -2.34. The number of fused-ring (bicyclic) bond motifs is 3. The zero-order chi connectivity index (χ0) is 25.4. The van der Waals surface area contributed by atoms with Crippen molar-refractivity contribution in [3.05, 3.63) is 80.8 Å². The van der Waals surface area contributed by atoms with Gasteiger partial charge in [0.2, 0.25) is 5.91 Å². The summed E-state index contributed by atoms with van der Waals surface area (Å²) in [4.78, 5) is 30.0. The Labute approximate surface area is 220 Å². The zero-order valence-electron chi connectivity index (χ0n) is 20.0. The minimum atomic E-state index is -0.483. The van der Waals surface area contributed by atoms with E-state index in [1.807, 2.05) is 41.3 Å². The maximum atomic E-state index is 13.3. The number of hydrogen-bond donors (Lipinski definition) is 1. The topological polar surface area (TPSA) is 75.9 Å². The second-order valence-corrected chi connectivity index (χ2v) is 10.0. The van der Waals surface area contributed by atoms with Crippen LogP contribution in [0.3, 0.4) is 0 Å². The summed E-state index contributed by atoms with van der Waals surface area (Å²) in [6.45, 7) is 4.59. The van der Waals surface area contributed by atoms with Crippen LogP contribution >= 0.6 is 23.2 Å². The molecule has 2 amide bonds. The number of ether oxygens (including phenoxy) is 1. The van der Waals surface area contributed by atoms with Crippen LogP contribution in [0, 0.1) is 0 Å². The molecule has 2 aliphatic rings. The number of carbonyl (C=O) groups excluding carboxylic acids is 2. The molecule has 0 bridgehead atoms. The summed E-state index contributed by atoms with van der Waals surface area (Å²) in [6, 6.07) is 15.0. The van der Waals surface area contributed by atoms with E-state index in [1.54, 1.807) is 19.2 Å². The molecule has 1 saturated heterocycles. The van der Waals surface area contributed by atoms with E-state index in [4.69, 9.17) is 33.7 Å². The number of amides is 2. The lowest BCUT2D eigenvalue weighted by molar-refractivity contribution is 0.0594. The molecule has 36 heavy (non-hydrogen) atoms. The van der Waals surface area contributed by atoms with Gasteiger partial charge in [-0.3, -0.25) is 14.5 Å². The van der Waals surface area contributed by atoms with Crippen molar-refractivity contribution in [3.63, 3.8) is 0 Å². The Kier molecular flexibility index (Phi) is 7.04. The first-order valence-corrected chi connectivity index (χ1v) is 12.7. The van der Waals surface area contributed by atoms with E-state index in [9.17, 15) is 9.59 Å². The van der Waals surface area contributed by atoms with Gasteiger partial charge in [-0.25, -0.2) is 0 Å². The van der Waals surface area contributed by atoms with Gasteiger partial charge in [-0.15, -0.1) is 0 Å². The van der Waals surface area contributed by atoms with Crippen molar-refractivity contribution < 1.29 is 14.3 Å². The number of benzene rings is 3. The quantitative estimate of drug-likeness (QED) is 0.396. The van der Waals surface area contributed by atoms with Crippen LogP contribution in [0.2, 0.25) is 10.0 Å². The monoisotopic (exact) mass is 523 g/mol. The van der Waals surface area contributed by atoms with Crippen molar-refractivity contribution in [2.45, 2.75) is 6.42 Å². The van der Waals surface area contributed by atoms with E-state index in [1.165, 1.54) is 0 Å². The Hall–Kier alpha value is -2.90. The number of nitrogens with two attached hydrogens (primary N) is 1. The van der Waals surface area contributed by atoms with Gasteiger partial charge in [-0.2, -0.15) is 0 Å². The molecular weight excluding hydrogens is 497 g/mol. The van der Waals surface area contributed by atoms with Crippen molar-refractivity contribution in [1.29, 1.82) is 0 Å². The average Bonchev–Trinajstić information content (AvgIpc) is 3.26. The number of methoxy groups -OCH3 is 1. The van der Waals surface area contributed by atoms with Crippen molar-refractivity contribution in [2.75, 3.05) is 46.4 Å². The summed E-state index contributed by atoms with van der Waals surface area (Å²) in [5.41, 5.74) is 12.4. The van der Waals surface area contributed by atoms with E-state index >= 15 is 0 Å². The Balaban J connectivity index is 1.47. The Morgan fingerprint density at radius 3 is 2.39 bits per heavy atom. The molecule has 5 rings (SSSR count). The number of primary amides is 1. The van der Waals surface area contributed by atoms with Gasteiger partial charge in [-0.05, 0) is 76.2 Å². The Morgan fingerprint density at radius 1 is 0.917 bits per heavy atom. The fourth-order valence-electron chi connectivity index (χ4n) is 5.05. The smallest absolute Gasteiger partial charge is 0.253 e. The molecule has 0 spiro atoms. The van der Waals surface area contributed by atoms with Crippen LogP contribution in [0.25, 0.3) is 22.3 Å². The van der Waals surface area contributed by atoms with Crippen LogP contribution in [0.5, 0.6) is 0 Å². The van der Waals surface area contributed by atoms with Gasteiger partial charge in [0.05, 0.1) is 16.7 Å². The first-order valence-electron chi connectivity index (χ1n) is 11.9. The van der Waals surface area contributed by atoms with Crippen molar-refractivity contribution in [1.82, 2.24) is 9.80 Å². The third-order valence-corrected chi connectivity index (χ3v) is 7.79. The number of hydrogen-bond acceptors (Lipinski definition) is 4. The fourth-order valence-corrected chi connectivity index (χ4v) is 5.35. The predicted octanol–water partition coefficient (Wildman–Crippen LogP) is 4.73. The highest BCUT2D eigenvalue weighted by Crippen LogP contribution is 2.42. The van der Waals surface area contributed by atoms with Crippen LogP contribution in [0.4, 0.5) is 0 Å². The first kappa shape index (κ1) is 24.8. The highest BCUT2D eigenvalue weighted by atomic mass is 35.5. The van der Waals surface area contributed by atoms with Crippen LogP contribution in [-0.2, 0) is 11.2 Å². The van der Waals surface area contributed by atoms with Crippen molar-refractivity contribution >= 4 is 35.0 Å². The summed E-state index contributed by atoms with van der Waals surface area (Å²) < 4.78 is 5.17. The molecule has 186 valence electrons. The average molecular weight is 524 g/mol. The van der Waals surface area contributed by atoms with E-state index < -0.39 is 5.91 Å². The van der Waals surface area contributed by atoms with Crippen LogP contribution < -0.4 is 5.73 Å². The number of halogens is 2. The van der Waals surface area contributed by atoms with Crippen molar-refractivity contribution in [2.24, 2.45) is 5.73 Å². The van der Waals surface area contributed by atoms with E-state index in [-0.39, 0.29) is 5.91 Å². The summed E-state index contributed by atoms with van der Waals surface area (Å²) >= 11 is 12.4. The molecule has 1 heterocycles. The molecule has 0 radical (unpaired) electrons. The molecule has 1 fully saturated rings. The normalized spacial score (nSPS) is 15.0. The molecule has 8 heteroatoms. The summed E-state index contributed by atoms with van der Waals surface area (Å²) in [5.74, 6) is -0.461. The lowest BCUT2D eigenvalue weighted by Crippen LogP contribution is -2.49. The molecule has 6 nitrogen and oxygen atoms in total. The third-order valence-electron chi connectivity index (χ3n) is 7.05. The van der Waals surface area contributed by atoms with Crippen LogP contribution in [0.1, 0.15) is 31.8 Å². The van der Waals surface area contributed by atoms with Gasteiger partial charge in [0.25, 0.3) is 5.91 Å². The van der Waals surface area contributed by atoms with Gasteiger partial charge < -0.3 is 15.4 Å². The number of nitrogens with zero attached hydrogens (tertiary/aromatic N) is 2. The molecule has 1 aliphatic heterocycles. The third kappa shape index (κ3) is 4.74.